The Morgan fingerprint density at radius 2 is 1.43 bits per heavy atom. The second-order valence-corrected chi connectivity index (χ2v) is 5.97. The fourth-order valence-electron chi connectivity index (χ4n) is 1.74. The first kappa shape index (κ1) is 16.5. The first-order valence-electron chi connectivity index (χ1n) is 6.10. The summed E-state index contributed by atoms with van der Waals surface area (Å²) in [6.45, 7) is 0. The molecule has 4 N–H and O–H groups in total. The van der Waals surface area contributed by atoms with Gasteiger partial charge in [0.05, 0.1) is 11.1 Å². The topological polar surface area (TPSA) is 144 Å². The van der Waals surface area contributed by atoms with Crippen molar-refractivity contribution in [3.8, 4) is 11.5 Å². The standard InChI is InChI=1S/C14H11NO7S/c15-23(20,21)12-7-9(14(18)19)3-6-11(12)22-10-4-1-8(2-5-10)13(16)17/h1-7H,(H,16,17)(H,18,19)(H2,15,20,21). The molecule has 2 aromatic carbocycles. The van der Waals surface area contributed by atoms with E-state index in [1.807, 2.05) is 0 Å². The lowest BCUT2D eigenvalue weighted by Crippen LogP contribution is -2.14. The molecule has 0 fully saturated rings. The summed E-state index contributed by atoms with van der Waals surface area (Å²) in [5.74, 6) is -2.43. The zero-order valence-corrected chi connectivity index (χ0v) is 12.3. The van der Waals surface area contributed by atoms with Gasteiger partial charge in [0, 0.05) is 0 Å². The van der Waals surface area contributed by atoms with Gasteiger partial charge in [0.1, 0.15) is 16.4 Å². The van der Waals surface area contributed by atoms with E-state index in [1.165, 1.54) is 24.3 Å². The molecule has 0 radical (unpaired) electrons. The van der Waals surface area contributed by atoms with E-state index < -0.39 is 26.9 Å². The fraction of sp³-hybridized carbons (Fsp3) is 0. The zero-order chi connectivity index (χ0) is 17.2. The quantitative estimate of drug-likeness (QED) is 0.750. The molecule has 0 unspecified atom stereocenters. The molecule has 0 aliphatic heterocycles. The number of rotatable bonds is 5. The van der Waals surface area contributed by atoms with Gasteiger partial charge in [-0.25, -0.2) is 23.1 Å². The van der Waals surface area contributed by atoms with E-state index in [4.69, 9.17) is 20.1 Å². The zero-order valence-electron chi connectivity index (χ0n) is 11.5. The van der Waals surface area contributed by atoms with Crippen LogP contribution in [0.5, 0.6) is 11.5 Å². The molecule has 0 aliphatic carbocycles. The van der Waals surface area contributed by atoms with Crippen molar-refractivity contribution < 1.29 is 33.0 Å². The summed E-state index contributed by atoms with van der Waals surface area (Å²) in [5.41, 5.74) is -0.229. The van der Waals surface area contributed by atoms with Crippen LogP contribution in [0.1, 0.15) is 20.7 Å². The van der Waals surface area contributed by atoms with E-state index in [2.05, 4.69) is 0 Å². The first-order valence-corrected chi connectivity index (χ1v) is 7.64. The lowest BCUT2D eigenvalue weighted by Gasteiger charge is -2.10. The molecule has 120 valence electrons. The van der Waals surface area contributed by atoms with Gasteiger partial charge in [0.2, 0.25) is 10.0 Å². The molecule has 0 amide bonds. The monoisotopic (exact) mass is 337 g/mol. The third-order valence-electron chi connectivity index (χ3n) is 2.83. The Hall–Kier alpha value is -2.91. The number of ether oxygens (including phenoxy) is 1. The molecule has 0 atom stereocenters. The highest BCUT2D eigenvalue weighted by Crippen LogP contribution is 2.29. The fourth-order valence-corrected chi connectivity index (χ4v) is 2.42. The van der Waals surface area contributed by atoms with Crippen LogP contribution in [0.15, 0.2) is 47.4 Å². The lowest BCUT2D eigenvalue weighted by molar-refractivity contribution is 0.0686. The van der Waals surface area contributed by atoms with Crippen molar-refractivity contribution in [2.75, 3.05) is 0 Å². The van der Waals surface area contributed by atoms with Crippen molar-refractivity contribution in [2.45, 2.75) is 4.90 Å². The van der Waals surface area contributed by atoms with Crippen LogP contribution >= 0.6 is 0 Å². The number of carboxylic acids is 2. The van der Waals surface area contributed by atoms with Crippen molar-refractivity contribution >= 4 is 22.0 Å². The van der Waals surface area contributed by atoms with Crippen LogP contribution in [0.25, 0.3) is 0 Å². The highest BCUT2D eigenvalue weighted by molar-refractivity contribution is 7.89. The molecule has 8 nitrogen and oxygen atoms in total. The molecule has 0 saturated carbocycles. The Bertz CT molecular complexity index is 872. The molecule has 0 aliphatic rings. The maximum Gasteiger partial charge on any atom is 0.335 e. The van der Waals surface area contributed by atoms with E-state index >= 15 is 0 Å². The van der Waals surface area contributed by atoms with E-state index in [-0.39, 0.29) is 22.6 Å². The van der Waals surface area contributed by atoms with Crippen LogP contribution in [-0.2, 0) is 10.0 Å². The molecule has 0 heterocycles. The summed E-state index contributed by atoms with van der Waals surface area (Å²) in [5, 5.41) is 22.8. The van der Waals surface area contributed by atoms with Crippen LogP contribution in [0.4, 0.5) is 0 Å². The number of primary sulfonamides is 1. The predicted molar refractivity (Wildman–Crippen MR) is 78.2 cm³/mol. The van der Waals surface area contributed by atoms with Crippen molar-refractivity contribution in [1.82, 2.24) is 0 Å². The minimum Gasteiger partial charge on any atom is -0.478 e. The lowest BCUT2D eigenvalue weighted by atomic mass is 10.2. The normalized spacial score (nSPS) is 11.0. The number of aromatic carboxylic acids is 2. The minimum atomic E-state index is -4.21. The Morgan fingerprint density at radius 3 is 1.91 bits per heavy atom. The second-order valence-electron chi connectivity index (χ2n) is 4.44. The highest BCUT2D eigenvalue weighted by atomic mass is 32.2. The van der Waals surface area contributed by atoms with Crippen LogP contribution < -0.4 is 9.88 Å². The second kappa shape index (κ2) is 6.07. The summed E-state index contributed by atoms with van der Waals surface area (Å²) in [7, 11) is -4.21. The van der Waals surface area contributed by atoms with Crippen LogP contribution in [-0.4, -0.2) is 30.6 Å². The SMILES string of the molecule is NS(=O)(=O)c1cc(C(=O)O)ccc1Oc1ccc(C(=O)O)cc1. The smallest absolute Gasteiger partial charge is 0.335 e. The van der Waals surface area contributed by atoms with Crippen LogP contribution in [0, 0.1) is 0 Å². The molecule has 23 heavy (non-hydrogen) atoms. The number of benzene rings is 2. The van der Waals surface area contributed by atoms with Gasteiger partial charge in [-0.1, -0.05) is 0 Å². The van der Waals surface area contributed by atoms with Gasteiger partial charge in [-0.05, 0) is 42.5 Å². The third-order valence-corrected chi connectivity index (χ3v) is 3.76. The molecule has 9 heteroatoms. The minimum absolute atomic E-state index is 0.0326. The average Bonchev–Trinajstić information content (AvgIpc) is 2.46. The number of carbonyl (C=O) groups is 2. The van der Waals surface area contributed by atoms with E-state index in [0.717, 1.165) is 18.2 Å². The number of hydrogen-bond donors (Lipinski definition) is 3. The number of carboxylic acid groups (broad SMARTS) is 2. The van der Waals surface area contributed by atoms with E-state index in [0.29, 0.717) is 0 Å². The Kier molecular flexibility index (Phi) is 4.34. The summed E-state index contributed by atoms with van der Waals surface area (Å²) >= 11 is 0. The van der Waals surface area contributed by atoms with Gasteiger partial charge in [-0.15, -0.1) is 0 Å². The average molecular weight is 337 g/mol. The first-order chi connectivity index (χ1) is 10.7. The summed E-state index contributed by atoms with van der Waals surface area (Å²) in [6, 6.07) is 8.44. The molecule has 0 bridgehead atoms. The number of hydrogen-bond acceptors (Lipinski definition) is 5. The van der Waals surface area contributed by atoms with Gasteiger partial charge in [0.25, 0.3) is 0 Å². The summed E-state index contributed by atoms with van der Waals surface area (Å²) in [6.07, 6.45) is 0. The molecule has 0 aromatic heterocycles. The van der Waals surface area contributed by atoms with Crippen molar-refractivity contribution in [1.29, 1.82) is 0 Å². The number of sulfonamides is 1. The maximum atomic E-state index is 11.6. The van der Waals surface area contributed by atoms with Gasteiger partial charge in [0.15, 0.2) is 0 Å². The Labute approximate surface area is 130 Å². The third kappa shape index (κ3) is 3.84. The van der Waals surface area contributed by atoms with E-state index in [1.54, 1.807) is 0 Å². The maximum absolute atomic E-state index is 11.6. The molecular weight excluding hydrogens is 326 g/mol. The molecule has 0 spiro atoms. The molecular formula is C14H11NO7S. The van der Waals surface area contributed by atoms with Gasteiger partial charge < -0.3 is 14.9 Å². The van der Waals surface area contributed by atoms with Crippen molar-refractivity contribution in [2.24, 2.45) is 5.14 Å². The highest BCUT2D eigenvalue weighted by Gasteiger charge is 2.19. The van der Waals surface area contributed by atoms with Gasteiger partial charge in [-0.2, -0.15) is 0 Å². The molecule has 2 aromatic rings. The summed E-state index contributed by atoms with van der Waals surface area (Å²) < 4.78 is 28.5. The van der Waals surface area contributed by atoms with Gasteiger partial charge >= 0.3 is 11.9 Å². The van der Waals surface area contributed by atoms with Gasteiger partial charge in [-0.3, -0.25) is 0 Å². The van der Waals surface area contributed by atoms with Crippen molar-refractivity contribution in [3.63, 3.8) is 0 Å². The Morgan fingerprint density at radius 1 is 0.913 bits per heavy atom. The van der Waals surface area contributed by atoms with Crippen molar-refractivity contribution in [3.05, 3.63) is 53.6 Å². The predicted octanol–water partition coefficient (Wildman–Crippen LogP) is 1.52. The molecule has 0 saturated heterocycles. The summed E-state index contributed by atoms with van der Waals surface area (Å²) in [4.78, 5) is 21.2. The largest absolute Gasteiger partial charge is 0.478 e. The number of nitrogens with two attached hydrogens (primary N) is 1. The van der Waals surface area contributed by atoms with Crippen LogP contribution in [0.3, 0.4) is 0 Å². The Balaban J connectivity index is 2.43. The van der Waals surface area contributed by atoms with Crippen LogP contribution in [0.2, 0.25) is 0 Å². The molecule has 2 rings (SSSR count). The van der Waals surface area contributed by atoms with E-state index in [9.17, 15) is 18.0 Å².